The lowest BCUT2D eigenvalue weighted by Gasteiger charge is -2.33. The number of hydrogen-bond donors (Lipinski definition) is 2. The molecule has 1 aliphatic heterocycles. The summed E-state index contributed by atoms with van der Waals surface area (Å²) in [6.07, 6.45) is 5.24. The van der Waals surface area contributed by atoms with Crippen LogP contribution in [0.5, 0.6) is 0 Å². The third-order valence-corrected chi connectivity index (χ3v) is 4.82. The van der Waals surface area contributed by atoms with Gasteiger partial charge in [-0.15, -0.1) is 0 Å². The molecule has 2 fully saturated rings. The molecular formula is C14H27N3O2. The maximum absolute atomic E-state index is 11.8. The Hall–Kier alpha value is -0.650. The highest BCUT2D eigenvalue weighted by Gasteiger charge is 2.46. The van der Waals surface area contributed by atoms with E-state index in [1.165, 1.54) is 0 Å². The van der Waals surface area contributed by atoms with Crippen LogP contribution >= 0.6 is 0 Å². The highest BCUT2D eigenvalue weighted by Crippen LogP contribution is 2.37. The van der Waals surface area contributed by atoms with Gasteiger partial charge >= 0.3 is 0 Å². The first-order chi connectivity index (χ1) is 9.19. The summed E-state index contributed by atoms with van der Waals surface area (Å²) in [6.45, 7) is 4.87. The number of ether oxygens (including phenoxy) is 1. The predicted molar refractivity (Wildman–Crippen MR) is 74.8 cm³/mol. The lowest BCUT2D eigenvalue weighted by molar-refractivity contribution is -0.125. The average molecular weight is 269 g/mol. The van der Waals surface area contributed by atoms with E-state index < -0.39 is 5.54 Å². The van der Waals surface area contributed by atoms with Gasteiger partial charge in [-0.3, -0.25) is 4.79 Å². The molecule has 5 heteroatoms. The monoisotopic (exact) mass is 269 g/mol. The summed E-state index contributed by atoms with van der Waals surface area (Å²) in [5.41, 5.74) is 5.16. The van der Waals surface area contributed by atoms with Crippen LogP contribution in [0.3, 0.4) is 0 Å². The fourth-order valence-electron chi connectivity index (χ4n) is 3.61. The van der Waals surface area contributed by atoms with E-state index >= 15 is 0 Å². The fourth-order valence-corrected chi connectivity index (χ4v) is 3.61. The Kier molecular flexibility index (Phi) is 5.19. The summed E-state index contributed by atoms with van der Waals surface area (Å²) >= 11 is 0. The van der Waals surface area contributed by atoms with Gasteiger partial charge in [0.2, 0.25) is 5.91 Å². The molecule has 110 valence electrons. The molecule has 1 saturated heterocycles. The average Bonchev–Trinajstić information content (AvgIpc) is 2.65. The quantitative estimate of drug-likeness (QED) is 0.755. The molecule has 2 atom stereocenters. The zero-order valence-electron chi connectivity index (χ0n) is 12.0. The number of nitrogens with zero attached hydrogens (tertiary/aromatic N) is 1. The van der Waals surface area contributed by atoms with Crippen molar-refractivity contribution in [3.05, 3.63) is 0 Å². The van der Waals surface area contributed by atoms with Gasteiger partial charge in [-0.25, -0.2) is 0 Å². The third kappa shape index (κ3) is 3.27. The Morgan fingerprint density at radius 2 is 2.26 bits per heavy atom. The molecule has 0 spiro atoms. The third-order valence-electron chi connectivity index (χ3n) is 4.82. The zero-order valence-corrected chi connectivity index (χ0v) is 12.0. The Bertz CT molecular complexity index is 303. The fraction of sp³-hybridized carbons (Fsp3) is 0.929. The number of nitrogens with two attached hydrogens (primary N) is 1. The molecule has 1 heterocycles. The van der Waals surface area contributed by atoms with Crippen LogP contribution < -0.4 is 11.1 Å². The number of carbonyl (C=O) groups is 1. The molecular weight excluding hydrogens is 242 g/mol. The standard InChI is InChI=1S/C14H27N3O2/c1-16-14(13(15)18)6-2-4-12(14)5-8-17-7-3-10-19-11-9-17/h12,16H,2-11H2,1H3,(H2,15,18). The van der Waals surface area contributed by atoms with Gasteiger partial charge in [-0.05, 0) is 45.2 Å². The first-order valence-corrected chi connectivity index (χ1v) is 7.48. The van der Waals surface area contributed by atoms with Gasteiger partial charge in [-0.2, -0.15) is 0 Å². The van der Waals surface area contributed by atoms with Crippen LogP contribution in [0.15, 0.2) is 0 Å². The first-order valence-electron chi connectivity index (χ1n) is 7.48. The topological polar surface area (TPSA) is 67.6 Å². The Morgan fingerprint density at radius 1 is 1.42 bits per heavy atom. The molecule has 2 aliphatic rings. The molecule has 0 aromatic rings. The van der Waals surface area contributed by atoms with E-state index in [-0.39, 0.29) is 5.91 Å². The summed E-state index contributed by atoms with van der Waals surface area (Å²) in [5, 5.41) is 3.21. The SMILES string of the molecule is CNC1(C(N)=O)CCCC1CCN1CCCOCC1. The van der Waals surface area contributed by atoms with E-state index in [1.54, 1.807) is 0 Å². The van der Waals surface area contributed by atoms with Crippen molar-refractivity contribution in [2.24, 2.45) is 11.7 Å². The molecule has 3 N–H and O–H groups in total. The molecule has 0 aromatic carbocycles. The van der Waals surface area contributed by atoms with E-state index in [9.17, 15) is 4.79 Å². The van der Waals surface area contributed by atoms with Crippen LogP contribution in [0.4, 0.5) is 0 Å². The van der Waals surface area contributed by atoms with Crippen LogP contribution in [0.2, 0.25) is 0 Å². The number of rotatable bonds is 5. The van der Waals surface area contributed by atoms with Gasteiger partial charge in [0.1, 0.15) is 5.54 Å². The highest BCUT2D eigenvalue weighted by atomic mass is 16.5. The van der Waals surface area contributed by atoms with Crippen molar-refractivity contribution < 1.29 is 9.53 Å². The summed E-state index contributed by atoms with van der Waals surface area (Å²) in [7, 11) is 1.86. The molecule has 1 aliphatic carbocycles. The van der Waals surface area contributed by atoms with Crippen LogP contribution in [-0.4, -0.2) is 56.2 Å². The summed E-state index contributed by atoms with van der Waals surface area (Å²) < 4.78 is 5.47. The normalized spacial score (nSPS) is 33.2. The molecule has 0 bridgehead atoms. The number of carbonyl (C=O) groups excluding carboxylic acids is 1. The number of primary amides is 1. The molecule has 2 rings (SSSR count). The number of amides is 1. The van der Waals surface area contributed by atoms with E-state index in [0.717, 1.165) is 65.0 Å². The van der Waals surface area contributed by atoms with Crippen molar-refractivity contribution in [3.8, 4) is 0 Å². The minimum absolute atomic E-state index is 0.184. The minimum atomic E-state index is -0.470. The lowest BCUT2D eigenvalue weighted by Crippen LogP contribution is -2.56. The van der Waals surface area contributed by atoms with Gasteiger partial charge in [0.15, 0.2) is 0 Å². The summed E-state index contributed by atoms with van der Waals surface area (Å²) in [5.74, 6) is 0.191. The van der Waals surface area contributed by atoms with Crippen LogP contribution in [-0.2, 0) is 9.53 Å². The zero-order chi connectivity index (χ0) is 13.7. The van der Waals surface area contributed by atoms with Crippen molar-refractivity contribution in [2.75, 3.05) is 39.9 Å². The number of hydrogen-bond acceptors (Lipinski definition) is 4. The molecule has 19 heavy (non-hydrogen) atoms. The highest BCUT2D eigenvalue weighted by molar-refractivity contribution is 5.85. The summed E-state index contributed by atoms with van der Waals surface area (Å²) in [6, 6.07) is 0. The van der Waals surface area contributed by atoms with Crippen molar-refractivity contribution in [1.29, 1.82) is 0 Å². The molecule has 0 aromatic heterocycles. The van der Waals surface area contributed by atoms with Crippen LogP contribution in [0, 0.1) is 5.92 Å². The van der Waals surface area contributed by atoms with Crippen molar-refractivity contribution in [1.82, 2.24) is 10.2 Å². The van der Waals surface area contributed by atoms with E-state index in [1.807, 2.05) is 7.05 Å². The molecule has 1 amide bonds. The van der Waals surface area contributed by atoms with Crippen LogP contribution in [0.25, 0.3) is 0 Å². The maximum Gasteiger partial charge on any atom is 0.238 e. The van der Waals surface area contributed by atoms with E-state index in [4.69, 9.17) is 10.5 Å². The molecule has 1 saturated carbocycles. The Balaban J connectivity index is 1.88. The molecule has 0 radical (unpaired) electrons. The van der Waals surface area contributed by atoms with Gasteiger partial charge in [0.25, 0.3) is 0 Å². The lowest BCUT2D eigenvalue weighted by atomic mass is 9.84. The molecule has 5 nitrogen and oxygen atoms in total. The second-order valence-electron chi connectivity index (χ2n) is 5.77. The van der Waals surface area contributed by atoms with Crippen molar-refractivity contribution in [2.45, 2.75) is 37.6 Å². The largest absolute Gasteiger partial charge is 0.380 e. The van der Waals surface area contributed by atoms with E-state index in [0.29, 0.717) is 5.92 Å². The number of likely N-dealkylation sites (N-methyl/N-ethyl adjacent to an activating group) is 1. The smallest absolute Gasteiger partial charge is 0.238 e. The Morgan fingerprint density at radius 3 is 3.00 bits per heavy atom. The van der Waals surface area contributed by atoms with Crippen molar-refractivity contribution >= 4 is 5.91 Å². The summed E-state index contributed by atoms with van der Waals surface area (Å²) in [4.78, 5) is 14.2. The second-order valence-corrected chi connectivity index (χ2v) is 5.77. The van der Waals surface area contributed by atoms with Gasteiger partial charge in [-0.1, -0.05) is 6.42 Å². The van der Waals surface area contributed by atoms with Crippen LogP contribution in [0.1, 0.15) is 32.1 Å². The van der Waals surface area contributed by atoms with Gasteiger partial charge < -0.3 is 20.7 Å². The predicted octanol–water partition coefficient (Wildman–Crippen LogP) is 0.342. The van der Waals surface area contributed by atoms with Gasteiger partial charge in [0, 0.05) is 19.7 Å². The Labute approximate surface area is 115 Å². The minimum Gasteiger partial charge on any atom is -0.380 e. The number of nitrogens with one attached hydrogen (secondary N) is 1. The van der Waals surface area contributed by atoms with E-state index in [2.05, 4.69) is 10.2 Å². The first kappa shape index (κ1) is 14.8. The second kappa shape index (κ2) is 6.68. The maximum atomic E-state index is 11.8. The van der Waals surface area contributed by atoms with Crippen molar-refractivity contribution in [3.63, 3.8) is 0 Å². The molecule has 2 unspecified atom stereocenters. The van der Waals surface area contributed by atoms with Gasteiger partial charge in [0.05, 0.1) is 6.61 Å².